The van der Waals surface area contributed by atoms with Crippen molar-refractivity contribution in [3.63, 3.8) is 0 Å². The quantitative estimate of drug-likeness (QED) is 0.679. The lowest BCUT2D eigenvalue weighted by Crippen LogP contribution is -2.06. The molecule has 0 fully saturated rings. The zero-order valence-corrected chi connectivity index (χ0v) is 9.16. The third-order valence-electron chi connectivity index (χ3n) is 2.94. The summed E-state index contributed by atoms with van der Waals surface area (Å²) in [6, 6.07) is 12.3. The van der Waals surface area contributed by atoms with Gasteiger partial charge in [0, 0.05) is 11.3 Å². The molecule has 0 atom stereocenters. The van der Waals surface area contributed by atoms with Crippen LogP contribution in [0, 0.1) is 6.92 Å². The summed E-state index contributed by atoms with van der Waals surface area (Å²) < 4.78 is 5.73. The second-order valence-electron chi connectivity index (χ2n) is 4.20. The zero-order chi connectivity index (χ0) is 11.1. The van der Waals surface area contributed by atoms with Crippen LogP contribution >= 0.6 is 0 Å². The van der Waals surface area contributed by atoms with Crippen molar-refractivity contribution in [3.05, 3.63) is 47.5 Å². The van der Waals surface area contributed by atoms with Gasteiger partial charge in [0.25, 0.3) is 0 Å². The Kier molecular flexibility index (Phi) is 1.90. The van der Waals surface area contributed by atoms with Crippen LogP contribution in [-0.2, 0) is 6.61 Å². The maximum atomic E-state index is 5.77. The van der Waals surface area contributed by atoms with Gasteiger partial charge in [-0.25, -0.2) is 0 Å². The highest BCUT2D eigenvalue weighted by molar-refractivity contribution is 5.76. The summed E-state index contributed by atoms with van der Waals surface area (Å²) in [5.41, 5.74) is 11.3. The van der Waals surface area contributed by atoms with E-state index in [9.17, 15) is 0 Å². The third-order valence-corrected chi connectivity index (χ3v) is 2.94. The molecule has 0 aromatic heterocycles. The second kappa shape index (κ2) is 3.27. The Morgan fingerprint density at radius 3 is 2.75 bits per heavy atom. The smallest absolute Gasteiger partial charge is 0.127 e. The summed E-state index contributed by atoms with van der Waals surface area (Å²) >= 11 is 0. The topological polar surface area (TPSA) is 35.2 Å². The largest absolute Gasteiger partial charge is 0.488 e. The molecule has 0 radical (unpaired) electrons. The second-order valence-corrected chi connectivity index (χ2v) is 4.20. The number of anilines is 1. The van der Waals surface area contributed by atoms with Gasteiger partial charge < -0.3 is 10.5 Å². The molecule has 2 N–H and O–H groups in total. The average molecular weight is 211 g/mol. The molecule has 0 aliphatic carbocycles. The molecule has 0 bridgehead atoms. The van der Waals surface area contributed by atoms with Crippen molar-refractivity contribution in [2.75, 3.05) is 5.73 Å². The Hall–Kier alpha value is -1.96. The highest BCUT2D eigenvalue weighted by Crippen LogP contribution is 2.38. The molecule has 0 unspecified atom stereocenters. The maximum absolute atomic E-state index is 5.77. The van der Waals surface area contributed by atoms with E-state index in [1.165, 1.54) is 11.1 Å². The van der Waals surface area contributed by atoms with Crippen LogP contribution in [0.5, 0.6) is 5.75 Å². The number of ether oxygens (including phenoxy) is 1. The van der Waals surface area contributed by atoms with Crippen molar-refractivity contribution in [1.29, 1.82) is 0 Å². The molecule has 2 aromatic rings. The fraction of sp³-hybridized carbons (Fsp3) is 0.143. The number of hydrogen-bond acceptors (Lipinski definition) is 2. The van der Waals surface area contributed by atoms with Crippen molar-refractivity contribution in [2.45, 2.75) is 13.5 Å². The van der Waals surface area contributed by atoms with Crippen LogP contribution in [0.2, 0.25) is 0 Å². The lowest BCUT2D eigenvalue weighted by Gasteiger charge is -2.21. The first-order chi connectivity index (χ1) is 7.74. The van der Waals surface area contributed by atoms with E-state index in [1.54, 1.807) is 0 Å². The maximum Gasteiger partial charge on any atom is 0.127 e. The minimum atomic E-state index is 0.608. The molecule has 16 heavy (non-hydrogen) atoms. The van der Waals surface area contributed by atoms with Crippen LogP contribution in [-0.4, -0.2) is 0 Å². The first-order valence-electron chi connectivity index (χ1n) is 5.36. The highest BCUT2D eigenvalue weighted by atomic mass is 16.5. The molecule has 0 saturated heterocycles. The van der Waals surface area contributed by atoms with Crippen LogP contribution in [0.1, 0.15) is 11.1 Å². The lowest BCUT2D eigenvalue weighted by molar-refractivity contribution is 0.302. The number of fused-ring (bicyclic) bond motifs is 3. The number of nitrogens with two attached hydrogens (primary N) is 1. The normalized spacial score (nSPS) is 12.6. The lowest BCUT2D eigenvalue weighted by atomic mass is 9.96. The predicted molar refractivity (Wildman–Crippen MR) is 65.4 cm³/mol. The van der Waals surface area contributed by atoms with Crippen LogP contribution in [0.25, 0.3) is 11.1 Å². The van der Waals surface area contributed by atoms with E-state index < -0.39 is 0 Å². The summed E-state index contributed by atoms with van der Waals surface area (Å²) in [5.74, 6) is 0.970. The first kappa shape index (κ1) is 9.28. The van der Waals surface area contributed by atoms with Crippen LogP contribution < -0.4 is 10.5 Å². The van der Waals surface area contributed by atoms with Gasteiger partial charge in [0.1, 0.15) is 12.4 Å². The van der Waals surface area contributed by atoms with E-state index in [-0.39, 0.29) is 0 Å². The van der Waals surface area contributed by atoms with Gasteiger partial charge in [-0.2, -0.15) is 0 Å². The van der Waals surface area contributed by atoms with Gasteiger partial charge in [-0.15, -0.1) is 0 Å². The van der Waals surface area contributed by atoms with E-state index in [0.29, 0.717) is 6.61 Å². The molecule has 80 valence electrons. The van der Waals surface area contributed by atoms with Gasteiger partial charge in [-0.1, -0.05) is 18.2 Å². The Bertz CT molecular complexity index is 509. The van der Waals surface area contributed by atoms with Gasteiger partial charge in [-0.05, 0) is 41.8 Å². The van der Waals surface area contributed by atoms with Crippen LogP contribution in [0.15, 0.2) is 36.4 Å². The molecule has 1 aliphatic heterocycles. The standard InChI is InChI=1S/C14H13NO/c1-9-2-4-13-12-5-3-11(15)7-10(12)8-16-14(13)6-9/h2-7H,8,15H2,1H3. The summed E-state index contributed by atoms with van der Waals surface area (Å²) in [7, 11) is 0. The summed E-state index contributed by atoms with van der Waals surface area (Å²) in [4.78, 5) is 0. The number of nitrogen functional groups attached to an aromatic ring is 1. The van der Waals surface area contributed by atoms with E-state index >= 15 is 0 Å². The molecular formula is C14H13NO. The van der Waals surface area contributed by atoms with E-state index in [2.05, 4.69) is 31.2 Å². The van der Waals surface area contributed by atoms with E-state index in [1.807, 2.05) is 12.1 Å². The molecule has 0 amide bonds. The summed E-state index contributed by atoms with van der Waals surface area (Å²) in [6.07, 6.45) is 0. The van der Waals surface area contributed by atoms with Gasteiger partial charge in [-0.3, -0.25) is 0 Å². The van der Waals surface area contributed by atoms with Crippen LogP contribution in [0.4, 0.5) is 5.69 Å². The Morgan fingerprint density at radius 2 is 1.88 bits per heavy atom. The van der Waals surface area contributed by atoms with Crippen LogP contribution in [0.3, 0.4) is 0 Å². The van der Waals surface area contributed by atoms with Gasteiger partial charge in [0.15, 0.2) is 0 Å². The fourth-order valence-corrected chi connectivity index (χ4v) is 2.12. The molecular weight excluding hydrogens is 198 g/mol. The van der Waals surface area contributed by atoms with Gasteiger partial charge >= 0.3 is 0 Å². The molecule has 3 rings (SSSR count). The summed E-state index contributed by atoms with van der Waals surface area (Å²) in [5, 5.41) is 0. The number of hydrogen-bond donors (Lipinski definition) is 1. The zero-order valence-electron chi connectivity index (χ0n) is 9.16. The molecule has 0 saturated carbocycles. The molecule has 2 nitrogen and oxygen atoms in total. The van der Waals surface area contributed by atoms with Crippen molar-refractivity contribution >= 4 is 5.69 Å². The monoisotopic (exact) mass is 211 g/mol. The average Bonchev–Trinajstić information content (AvgIpc) is 2.28. The highest BCUT2D eigenvalue weighted by Gasteiger charge is 2.16. The fourth-order valence-electron chi connectivity index (χ4n) is 2.12. The van der Waals surface area contributed by atoms with Gasteiger partial charge in [0.05, 0.1) is 0 Å². The minimum Gasteiger partial charge on any atom is -0.488 e. The molecule has 2 heteroatoms. The Labute approximate surface area is 94.7 Å². The SMILES string of the molecule is Cc1ccc2c(c1)OCc1cc(N)ccc1-2. The number of benzene rings is 2. The van der Waals surface area contributed by atoms with Crippen molar-refractivity contribution in [2.24, 2.45) is 0 Å². The number of rotatable bonds is 0. The Balaban J connectivity index is 2.23. The van der Waals surface area contributed by atoms with Gasteiger partial charge in [0.2, 0.25) is 0 Å². The minimum absolute atomic E-state index is 0.608. The first-order valence-corrected chi connectivity index (χ1v) is 5.36. The van der Waals surface area contributed by atoms with Crippen molar-refractivity contribution in [1.82, 2.24) is 0 Å². The molecule has 1 aliphatic rings. The van der Waals surface area contributed by atoms with E-state index in [4.69, 9.17) is 10.5 Å². The number of aryl methyl sites for hydroxylation is 1. The van der Waals surface area contributed by atoms with E-state index in [0.717, 1.165) is 22.6 Å². The predicted octanol–water partition coefficient (Wildman–Crippen LogP) is 3.14. The molecule has 2 aromatic carbocycles. The molecule has 0 spiro atoms. The van der Waals surface area contributed by atoms with Crippen molar-refractivity contribution in [3.8, 4) is 16.9 Å². The molecule has 1 heterocycles. The third kappa shape index (κ3) is 1.34. The Morgan fingerprint density at radius 1 is 1.06 bits per heavy atom. The van der Waals surface area contributed by atoms with Crippen molar-refractivity contribution < 1.29 is 4.74 Å². The summed E-state index contributed by atoms with van der Waals surface area (Å²) in [6.45, 7) is 2.68.